The van der Waals surface area contributed by atoms with Gasteiger partial charge in [-0.15, -0.1) is 12.4 Å². The van der Waals surface area contributed by atoms with Gasteiger partial charge >= 0.3 is 6.03 Å². The lowest BCUT2D eigenvalue weighted by atomic mass is 10.0. The molecule has 0 bridgehead atoms. The average molecular weight is 637 g/mol. The Kier molecular flexibility index (Phi) is 12.4. The number of nitriles is 2. The predicted octanol–water partition coefficient (Wildman–Crippen LogP) is 6.00. The Labute approximate surface area is 265 Å². The normalized spacial score (nSPS) is 13.5. The number of nitrogens with one attached hydrogen (secondary N) is 2. The number of hydrogen-bond donors (Lipinski definition) is 2. The highest BCUT2D eigenvalue weighted by Gasteiger charge is 2.24. The van der Waals surface area contributed by atoms with Crippen LogP contribution in [-0.4, -0.2) is 51.3 Å². The largest absolute Gasteiger partial charge is 0.457 e. The molecular weight excluding hydrogens is 600 g/mol. The molecule has 2 amide bonds. The molecule has 2 N–H and O–H groups in total. The van der Waals surface area contributed by atoms with Crippen molar-refractivity contribution in [3.05, 3.63) is 83.4 Å². The third-order valence-electron chi connectivity index (χ3n) is 7.17. The number of hydrogen-bond acceptors (Lipinski definition) is 7. The van der Waals surface area contributed by atoms with E-state index in [9.17, 15) is 23.7 Å². The SMILES string of the molecule is CCCCN(C(=O)NC1CCN(Cc2ccc(Oc3ccc(NS(C)(=O)=O)cc3)cc2)CC1)c1ccc(C#N)c(C#N)c1.Cl. The minimum Gasteiger partial charge on any atom is -0.457 e. The zero-order valence-corrected chi connectivity index (χ0v) is 26.5. The summed E-state index contributed by atoms with van der Waals surface area (Å²) in [5, 5.41) is 21.8. The summed E-state index contributed by atoms with van der Waals surface area (Å²) >= 11 is 0. The number of sulfonamides is 1. The lowest BCUT2D eigenvalue weighted by molar-refractivity contribution is 0.188. The standard InChI is InChI=1S/C32H36N6O4S.ClH/c1-3-4-17-38(29-10-7-25(21-33)26(20-29)22-34)32(39)35-27-15-18-37(19-16-27)23-24-5-11-30(12-6-24)42-31-13-8-28(9-14-31)36-43(2,40)41;/h5-14,20,27,36H,3-4,15-19,23H2,1-2H3,(H,35,39);1H. The highest BCUT2D eigenvalue weighted by molar-refractivity contribution is 7.92. The van der Waals surface area contributed by atoms with Crippen LogP contribution in [0, 0.1) is 22.7 Å². The summed E-state index contributed by atoms with van der Waals surface area (Å²) in [4.78, 5) is 17.3. The van der Waals surface area contributed by atoms with E-state index in [1.54, 1.807) is 47.4 Å². The topological polar surface area (TPSA) is 139 Å². The van der Waals surface area contributed by atoms with Crippen molar-refractivity contribution in [2.24, 2.45) is 0 Å². The molecule has 10 nitrogen and oxygen atoms in total. The van der Waals surface area contributed by atoms with Gasteiger partial charge in [0.05, 0.1) is 17.4 Å². The summed E-state index contributed by atoms with van der Waals surface area (Å²) in [7, 11) is -3.33. The fourth-order valence-corrected chi connectivity index (χ4v) is 5.47. The molecule has 1 heterocycles. The van der Waals surface area contributed by atoms with Crippen LogP contribution in [0.2, 0.25) is 0 Å². The molecule has 232 valence electrons. The molecule has 3 aromatic carbocycles. The Hall–Kier alpha value is -4.29. The predicted molar refractivity (Wildman–Crippen MR) is 174 cm³/mol. The summed E-state index contributed by atoms with van der Waals surface area (Å²) in [6.07, 6.45) is 4.52. The fraction of sp³-hybridized carbons (Fsp3) is 0.344. The molecule has 0 saturated carbocycles. The molecule has 1 aliphatic rings. The van der Waals surface area contributed by atoms with Crippen LogP contribution in [-0.2, 0) is 16.6 Å². The molecule has 1 saturated heterocycles. The van der Waals surface area contributed by atoms with Crippen LogP contribution in [0.3, 0.4) is 0 Å². The number of benzene rings is 3. The summed E-state index contributed by atoms with van der Waals surface area (Å²) in [5.74, 6) is 1.29. The molecule has 12 heteroatoms. The number of ether oxygens (including phenoxy) is 1. The summed E-state index contributed by atoms with van der Waals surface area (Å²) in [6.45, 7) is 5.08. The zero-order chi connectivity index (χ0) is 30.8. The summed E-state index contributed by atoms with van der Waals surface area (Å²) < 4.78 is 31.1. The minimum atomic E-state index is -3.33. The number of carbonyl (C=O) groups excluding carboxylic acids is 1. The lowest BCUT2D eigenvalue weighted by Gasteiger charge is -2.34. The second kappa shape index (κ2) is 16.0. The Morgan fingerprint density at radius 3 is 2.16 bits per heavy atom. The van der Waals surface area contributed by atoms with Gasteiger partial charge < -0.3 is 10.1 Å². The summed E-state index contributed by atoms with van der Waals surface area (Å²) in [5.41, 5.74) is 2.81. The molecule has 0 radical (unpaired) electrons. The number of urea groups is 1. The maximum Gasteiger partial charge on any atom is 0.322 e. The molecule has 0 aromatic heterocycles. The van der Waals surface area contributed by atoms with Crippen LogP contribution in [0.4, 0.5) is 16.2 Å². The van der Waals surface area contributed by atoms with Gasteiger partial charge in [0.1, 0.15) is 23.6 Å². The highest BCUT2D eigenvalue weighted by atomic mass is 35.5. The van der Waals surface area contributed by atoms with E-state index in [1.807, 2.05) is 30.3 Å². The van der Waals surface area contributed by atoms with Crippen molar-refractivity contribution in [2.45, 2.75) is 45.2 Å². The van der Waals surface area contributed by atoms with Gasteiger partial charge in [0.15, 0.2) is 0 Å². The third-order valence-corrected chi connectivity index (χ3v) is 7.78. The van der Waals surface area contributed by atoms with Gasteiger partial charge in [-0.2, -0.15) is 10.5 Å². The number of likely N-dealkylation sites (tertiary alicyclic amines) is 1. The minimum absolute atomic E-state index is 0. The van der Waals surface area contributed by atoms with E-state index in [1.165, 1.54) is 0 Å². The van der Waals surface area contributed by atoms with E-state index in [-0.39, 0.29) is 30.0 Å². The number of piperidine rings is 1. The second-order valence-corrected chi connectivity index (χ2v) is 12.4. The maximum absolute atomic E-state index is 13.3. The van der Waals surface area contributed by atoms with Gasteiger partial charge in [-0.3, -0.25) is 14.5 Å². The van der Waals surface area contributed by atoms with Crippen molar-refractivity contribution < 1.29 is 17.9 Å². The van der Waals surface area contributed by atoms with Gasteiger partial charge in [-0.05, 0) is 79.4 Å². The maximum atomic E-state index is 13.3. The summed E-state index contributed by atoms with van der Waals surface area (Å²) in [6, 6.07) is 23.5. The van der Waals surface area contributed by atoms with Crippen LogP contribution < -0.4 is 19.7 Å². The fourth-order valence-electron chi connectivity index (χ4n) is 4.90. The molecule has 1 aliphatic heterocycles. The second-order valence-electron chi connectivity index (χ2n) is 10.6. The van der Waals surface area contributed by atoms with Gasteiger partial charge in [0, 0.05) is 43.6 Å². The van der Waals surface area contributed by atoms with E-state index < -0.39 is 10.0 Å². The van der Waals surface area contributed by atoms with Crippen LogP contribution in [0.5, 0.6) is 11.5 Å². The Morgan fingerprint density at radius 2 is 1.59 bits per heavy atom. The van der Waals surface area contributed by atoms with E-state index in [2.05, 4.69) is 27.9 Å². The van der Waals surface area contributed by atoms with Crippen molar-refractivity contribution in [2.75, 3.05) is 35.5 Å². The first kappa shape index (κ1) is 34.2. The molecule has 0 atom stereocenters. The highest BCUT2D eigenvalue weighted by Crippen LogP contribution is 2.25. The number of amides is 2. The van der Waals surface area contributed by atoms with E-state index in [4.69, 9.17) is 4.74 Å². The number of anilines is 2. The number of carbonyl (C=O) groups is 1. The van der Waals surface area contributed by atoms with E-state index in [0.29, 0.717) is 35.0 Å². The van der Waals surface area contributed by atoms with Crippen molar-refractivity contribution in [3.63, 3.8) is 0 Å². The number of rotatable bonds is 11. The van der Waals surface area contributed by atoms with Crippen LogP contribution in [0.1, 0.15) is 49.3 Å². The first-order chi connectivity index (χ1) is 20.7. The first-order valence-electron chi connectivity index (χ1n) is 14.3. The quantitative estimate of drug-likeness (QED) is 0.263. The molecule has 44 heavy (non-hydrogen) atoms. The Bertz CT molecular complexity index is 1590. The average Bonchev–Trinajstić information content (AvgIpc) is 2.99. The Balaban J connectivity index is 0.00000529. The zero-order valence-electron chi connectivity index (χ0n) is 24.8. The molecule has 4 rings (SSSR count). The van der Waals surface area contributed by atoms with Gasteiger partial charge in [0.2, 0.25) is 10.0 Å². The number of nitrogens with zero attached hydrogens (tertiary/aromatic N) is 4. The van der Waals surface area contributed by atoms with Crippen molar-refractivity contribution in [3.8, 4) is 23.6 Å². The van der Waals surface area contributed by atoms with Gasteiger partial charge in [-0.25, -0.2) is 13.2 Å². The van der Waals surface area contributed by atoms with Crippen LogP contribution in [0.15, 0.2) is 66.7 Å². The monoisotopic (exact) mass is 636 g/mol. The first-order valence-corrected chi connectivity index (χ1v) is 16.2. The molecular formula is C32H37ClN6O4S. The van der Waals surface area contributed by atoms with Gasteiger partial charge in [-0.1, -0.05) is 25.5 Å². The smallest absolute Gasteiger partial charge is 0.322 e. The van der Waals surface area contributed by atoms with Gasteiger partial charge in [0.25, 0.3) is 0 Å². The van der Waals surface area contributed by atoms with E-state index in [0.717, 1.165) is 57.1 Å². The van der Waals surface area contributed by atoms with Crippen LogP contribution in [0.25, 0.3) is 0 Å². The van der Waals surface area contributed by atoms with Crippen molar-refractivity contribution >= 4 is 39.8 Å². The van der Waals surface area contributed by atoms with E-state index >= 15 is 0 Å². The Morgan fingerprint density at radius 1 is 0.977 bits per heavy atom. The van der Waals surface area contributed by atoms with Crippen molar-refractivity contribution in [1.29, 1.82) is 10.5 Å². The molecule has 1 fully saturated rings. The third kappa shape index (κ3) is 9.88. The number of halogens is 1. The van der Waals surface area contributed by atoms with Crippen LogP contribution >= 0.6 is 12.4 Å². The number of unbranched alkanes of at least 4 members (excludes halogenated alkanes) is 1. The molecule has 0 unspecified atom stereocenters. The molecule has 0 spiro atoms. The molecule has 3 aromatic rings. The lowest BCUT2D eigenvalue weighted by Crippen LogP contribution is -2.49. The molecule has 0 aliphatic carbocycles. The van der Waals surface area contributed by atoms with Crippen molar-refractivity contribution in [1.82, 2.24) is 10.2 Å².